The molecule has 0 saturated heterocycles. The Morgan fingerprint density at radius 1 is 0.185 bits per heavy atom. The molecule has 0 unspecified atom stereocenters. The van der Waals surface area contributed by atoms with E-state index in [4.69, 9.17) is 0 Å². The van der Waals surface area contributed by atoms with E-state index in [0.717, 1.165) is 0 Å². The summed E-state index contributed by atoms with van der Waals surface area (Å²) in [6, 6.07) is 82.4. The van der Waals surface area contributed by atoms with Crippen LogP contribution in [0.2, 0.25) is 0 Å². The third kappa shape index (κ3) is 22.8. The number of rotatable bonds is 12. The first kappa shape index (κ1) is 79.4. The van der Waals surface area contributed by atoms with Gasteiger partial charge in [0.15, 0.2) is 0 Å². The molecular formula is C88H112Ge2O2+2. The summed E-state index contributed by atoms with van der Waals surface area (Å²) in [4.78, 5) is 0. The molecule has 0 aliphatic heterocycles. The van der Waals surface area contributed by atoms with Crippen LogP contribution in [-0.4, -0.2) is 33.0 Å². The smallest absolute Gasteiger partial charge is 0.0398 e. The van der Waals surface area contributed by atoms with Gasteiger partial charge in [0.2, 0.25) is 0 Å². The van der Waals surface area contributed by atoms with Crippen LogP contribution < -0.4 is 8.79 Å². The molecule has 92 heavy (non-hydrogen) atoms. The van der Waals surface area contributed by atoms with Gasteiger partial charge < -0.3 is 11.0 Å². The topological polar surface area (TPSA) is 66.0 Å². The Bertz CT molecular complexity index is 3130. The van der Waals surface area contributed by atoms with Gasteiger partial charge in [0.25, 0.3) is 0 Å². The third-order valence-electron chi connectivity index (χ3n) is 16.5. The van der Waals surface area contributed by atoms with Crippen molar-refractivity contribution < 1.29 is 11.0 Å². The fraction of sp³-hybridized carbons (Fsp3) is 0.318. The Balaban J connectivity index is 0.000000332. The minimum Gasteiger partial charge on any atom is -0.457 e. The second-order valence-corrected chi connectivity index (χ2v) is 28.7. The van der Waals surface area contributed by atoms with Gasteiger partial charge in [-0.1, -0.05) is 144 Å². The molecule has 0 amide bonds. The van der Waals surface area contributed by atoms with E-state index in [1.54, 1.807) is 0 Å². The summed E-state index contributed by atoms with van der Waals surface area (Å²) in [6.07, 6.45) is 0. The van der Waals surface area contributed by atoms with Crippen LogP contribution in [0.3, 0.4) is 0 Å². The average molecular weight is 1350 g/mol. The first-order valence-electron chi connectivity index (χ1n) is 33.2. The van der Waals surface area contributed by atoms with Crippen LogP contribution in [0.5, 0.6) is 0 Å². The Morgan fingerprint density at radius 3 is 0.424 bits per heavy atom. The van der Waals surface area contributed by atoms with Gasteiger partial charge in [-0.25, -0.2) is 0 Å². The van der Waals surface area contributed by atoms with Crippen molar-refractivity contribution >= 4 is 41.8 Å². The molecule has 0 fully saturated rings. The quantitative estimate of drug-likeness (QED) is 0.0864. The van der Waals surface area contributed by atoms with Crippen LogP contribution >= 0.6 is 0 Å². The van der Waals surface area contributed by atoms with Gasteiger partial charge in [-0.2, -0.15) is 0 Å². The zero-order chi connectivity index (χ0) is 66.2. The number of hydrogen-bond acceptors (Lipinski definition) is 0. The van der Waals surface area contributed by atoms with Gasteiger partial charge in [0, 0.05) is 0 Å². The maximum absolute atomic E-state index is 2.33. The monoisotopic (exact) mass is 1350 g/mol. The Labute approximate surface area is 576 Å². The SMILES string of the molecule is CC(C)c1cccc(C(C)C)c1-c1cccc(-c2c(C(C)C)cccc2C(C)C)[c]1[Ge].CC(C)c1cccc(C(C)C)c1-c1cccc(-c2c(C(C)C)cccc2C(C)C)[c]1[Ge].Cc1ccccc1.Cc1ccccc1.Cc1ccccc1.Cc1ccccc1.[OH3+].[OH3+]. The minimum absolute atomic E-state index is 0. The second-order valence-electron chi connectivity index (χ2n) is 26.6. The van der Waals surface area contributed by atoms with Crippen molar-refractivity contribution in [1.82, 2.24) is 0 Å². The van der Waals surface area contributed by atoms with E-state index >= 15 is 0 Å². The van der Waals surface area contributed by atoms with E-state index in [2.05, 4.69) is 329 Å². The molecule has 6 N–H and O–H groups in total. The first-order valence-corrected chi connectivity index (χ1v) is 35.3. The summed E-state index contributed by atoms with van der Waals surface area (Å²) in [5.41, 5.74) is 28.2. The van der Waals surface area contributed by atoms with E-state index in [-0.39, 0.29) is 11.0 Å². The normalized spacial score (nSPS) is 10.7. The Kier molecular flexibility index (Phi) is 34.3. The number of hydrogen-bond donors (Lipinski definition) is 0. The summed E-state index contributed by atoms with van der Waals surface area (Å²) in [6.45, 7) is 45.3. The van der Waals surface area contributed by atoms with Crippen molar-refractivity contribution in [2.75, 3.05) is 0 Å². The third-order valence-corrected chi connectivity index (χ3v) is 18.7. The van der Waals surface area contributed by atoms with Crippen LogP contribution in [0.25, 0.3) is 44.5 Å². The van der Waals surface area contributed by atoms with Gasteiger partial charge in [-0.05, 0) is 27.7 Å². The minimum atomic E-state index is 0. The molecule has 0 saturated carbocycles. The molecule has 0 aromatic heterocycles. The van der Waals surface area contributed by atoms with Crippen molar-refractivity contribution in [3.8, 4) is 44.5 Å². The van der Waals surface area contributed by atoms with Gasteiger partial charge in [-0.15, -0.1) is 0 Å². The summed E-state index contributed by atoms with van der Waals surface area (Å²) in [7, 11) is 0. The fourth-order valence-corrected chi connectivity index (χ4v) is 13.3. The molecule has 10 aromatic carbocycles. The molecule has 0 spiro atoms. The fourth-order valence-electron chi connectivity index (χ4n) is 11.5. The van der Waals surface area contributed by atoms with Crippen LogP contribution in [-0.2, 0) is 11.0 Å². The molecule has 0 atom stereocenters. The molecule has 482 valence electrons. The van der Waals surface area contributed by atoms with Gasteiger partial charge >= 0.3 is 398 Å². The maximum Gasteiger partial charge on any atom is -0.0398 e. The van der Waals surface area contributed by atoms with Crippen molar-refractivity contribution in [1.29, 1.82) is 0 Å². The van der Waals surface area contributed by atoms with E-state index < -0.39 is 0 Å². The average Bonchev–Trinajstić information content (AvgIpc) is 0.775. The molecule has 2 nitrogen and oxygen atoms in total. The van der Waals surface area contributed by atoms with Crippen molar-refractivity contribution in [3.63, 3.8) is 0 Å². The van der Waals surface area contributed by atoms with Gasteiger partial charge in [0.1, 0.15) is 0 Å². The summed E-state index contributed by atoms with van der Waals surface area (Å²) in [5.74, 6) is 3.93. The van der Waals surface area contributed by atoms with Crippen LogP contribution in [0.1, 0.15) is 225 Å². The maximum atomic E-state index is 2.33. The zero-order valence-corrected chi connectivity index (χ0v) is 63.9. The van der Waals surface area contributed by atoms with Crippen LogP contribution in [0.4, 0.5) is 0 Å². The molecule has 10 rings (SSSR count). The van der Waals surface area contributed by atoms with Crippen LogP contribution in [0, 0.1) is 27.7 Å². The first-order chi connectivity index (χ1) is 42.9. The van der Waals surface area contributed by atoms with E-state index in [1.807, 2.05) is 72.8 Å². The van der Waals surface area contributed by atoms with Crippen molar-refractivity contribution in [2.24, 2.45) is 0 Å². The second kappa shape index (κ2) is 39.7. The summed E-state index contributed by atoms with van der Waals surface area (Å²) >= 11 is 4.65. The van der Waals surface area contributed by atoms with Gasteiger partial charge in [-0.3, -0.25) is 0 Å². The molecule has 6 radical (unpaired) electrons. The molecular weight excluding hydrogens is 1230 g/mol. The predicted octanol–water partition coefficient (Wildman–Crippen LogP) is 22.8. The Morgan fingerprint density at radius 2 is 0.315 bits per heavy atom. The van der Waals surface area contributed by atoms with E-state index in [1.165, 1.54) is 120 Å². The molecule has 0 aliphatic rings. The molecule has 0 aliphatic carbocycles. The number of aryl methyl sites for hydroxylation is 4. The standard InChI is InChI=1S/2C30H37Ge.4C7H8.2H2O/c2*1-18(2)22-12-9-13-23(19(3)4)28(22)26-16-11-17-27(30(26)31)29-24(20(5)6)14-10-15-25(29)21(7)8;4*1-7-5-3-2-4-6-7;;/h2*9-21H,1-8H3;4*2-6H,1H3;2*1H2/p+2. The van der Waals surface area contributed by atoms with E-state index in [0.29, 0.717) is 47.3 Å². The Hall–Kier alpha value is -6.79. The molecule has 4 heteroatoms. The molecule has 0 heterocycles. The number of benzene rings is 10. The largest absolute Gasteiger partial charge is 0.457 e. The predicted molar refractivity (Wildman–Crippen MR) is 413 cm³/mol. The zero-order valence-electron chi connectivity index (χ0n) is 59.7. The molecule has 10 aromatic rings. The molecule has 0 bridgehead atoms. The summed E-state index contributed by atoms with van der Waals surface area (Å²) in [5, 5.41) is 0. The van der Waals surface area contributed by atoms with Crippen molar-refractivity contribution in [2.45, 2.75) is 186 Å². The summed E-state index contributed by atoms with van der Waals surface area (Å²) < 4.78 is 2.79. The van der Waals surface area contributed by atoms with Crippen LogP contribution in [0.15, 0.2) is 231 Å². The van der Waals surface area contributed by atoms with Gasteiger partial charge in [0.05, 0.1) is 0 Å². The van der Waals surface area contributed by atoms with Crippen molar-refractivity contribution in [3.05, 3.63) is 297 Å². The van der Waals surface area contributed by atoms with E-state index in [9.17, 15) is 0 Å².